The molecule has 1 aliphatic rings. The van der Waals surface area contributed by atoms with E-state index >= 15 is 0 Å². The summed E-state index contributed by atoms with van der Waals surface area (Å²) in [6.07, 6.45) is 0.494. The Morgan fingerprint density at radius 1 is 1.15 bits per heavy atom. The normalized spacial score (nSPS) is 12.7. The van der Waals surface area contributed by atoms with Crippen molar-refractivity contribution in [3.63, 3.8) is 0 Å². The Kier molecular flexibility index (Phi) is 6.69. The van der Waals surface area contributed by atoms with E-state index in [1.54, 1.807) is 11.8 Å². The van der Waals surface area contributed by atoms with Crippen molar-refractivity contribution in [2.75, 3.05) is 25.5 Å². The third-order valence-corrected chi connectivity index (χ3v) is 5.41. The summed E-state index contributed by atoms with van der Waals surface area (Å²) in [5, 5.41) is 0.722. The van der Waals surface area contributed by atoms with Gasteiger partial charge in [0, 0.05) is 40.7 Å². The predicted molar refractivity (Wildman–Crippen MR) is 105 cm³/mol. The van der Waals surface area contributed by atoms with Crippen molar-refractivity contribution >= 4 is 29.3 Å². The number of halogens is 1. The zero-order valence-electron chi connectivity index (χ0n) is 14.7. The van der Waals surface area contributed by atoms with Crippen molar-refractivity contribution in [3.05, 3.63) is 53.1 Å². The van der Waals surface area contributed by atoms with Crippen LogP contribution in [-0.4, -0.2) is 36.3 Å². The molecule has 0 bridgehead atoms. The van der Waals surface area contributed by atoms with Gasteiger partial charge in [-0.15, -0.1) is 11.8 Å². The molecule has 26 heavy (non-hydrogen) atoms. The van der Waals surface area contributed by atoms with Crippen molar-refractivity contribution in [1.29, 1.82) is 0 Å². The highest BCUT2D eigenvalue weighted by Crippen LogP contribution is 2.34. The number of amides is 1. The van der Waals surface area contributed by atoms with Crippen LogP contribution in [0.5, 0.6) is 11.5 Å². The minimum atomic E-state index is 0.142. The largest absolute Gasteiger partial charge is 0.486 e. The van der Waals surface area contributed by atoms with Gasteiger partial charge in [0.25, 0.3) is 0 Å². The highest BCUT2D eigenvalue weighted by Gasteiger charge is 2.19. The number of rotatable bonds is 7. The van der Waals surface area contributed by atoms with Crippen molar-refractivity contribution in [2.45, 2.75) is 24.8 Å². The van der Waals surface area contributed by atoms with Crippen LogP contribution in [0.1, 0.15) is 18.9 Å². The molecule has 1 heterocycles. The third-order valence-electron chi connectivity index (χ3n) is 4.14. The smallest absolute Gasteiger partial charge is 0.223 e. The zero-order chi connectivity index (χ0) is 18.4. The lowest BCUT2D eigenvalue weighted by atomic mass is 10.1. The van der Waals surface area contributed by atoms with E-state index in [2.05, 4.69) is 0 Å². The van der Waals surface area contributed by atoms with Crippen molar-refractivity contribution in [3.8, 4) is 11.5 Å². The lowest BCUT2D eigenvalue weighted by Crippen LogP contribution is -2.31. The number of benzene rings is 2. The summed E-state index contributed by atoms with van der Waals surface area (Å²) < 4.78 is 11.4. The summed E-state index contributed by atoms with van der Waals surface area (Å²) in [6, 6.07) is 13.5. The Labute approximate surface area is 163 Å². The van der Waals surface area contributed by atoms with Gasteiger partial charge < -0.3 is 14.4 Å². The molecule has 1 amide bonds. The van der Waals surface area contributed by atoms with E-state index < -0.39 is 0 Å². The summed E-state index contributed by atoms with van der Waals surface area (Å²) in [4.78, 5) is 15.6. The summed E-state index contributed by atoms with van der Waals surface area (Å²) in [5.74, 6) is 2.41. The molecule has 0 saturated carbocycles. The van der Waals surface area contributed by atoms with Crippen LogP contribution in [0.15, 0.2) is 47.4 Å². The number of ether oxygens (including phenoxy) is 2. The lowest BCUT2D eigenvalue weighted by Gasteiger charge is -2.25. The van der Waals surface area contributed by atoms with Gasteiger partial charge in [0.15, 0.2) is 11.5 Å². The molecule has 0 atom stereocenters. The first-order valence-corrected chi connectivity index (χ1v) is 10.1. The van der Waals surface area contributed by atoms with Crippen LogP contribution in [0.4, 0.5) is 0 Å². The van der Waals surface area contributed by atoms with Gasteiger partial charge >= 0.3 is 0 Å². The summed E-state index contributed by atoms with van der Waals surface area (Å²) >= 11 is 7.56. The van der Waals surface area contributed by atoms with Gasteiger partial charge in [-0.25, -0.2) is 0 Å². The highest BCUT2D eigenvalue weighted by molar-refractivity contribution is 7.99. The van der Waals surface area contributed by atoms with Crippen LogP contribution in [0.25, 0.3) is 0 Å². The maximum Gasteiger partial charge on any atom is 0.223 e. The number of fused-ring (bicyclic) bond motifs is 1. The predicted octanol–water partition coefficient (Wildman–Crippen LogP) is 4.64. The molecular formula is C20H22ClNO3S. The minimum absolute atomic E-state index is 0.142. The molecule has 2 aromatic rings. The van der Waals surface area contributed by atoms with Crippen molar-refractivity contribution in [2.24, 2.45) is 0 Å². The minimum Gasteiger partial charge on any atom is -0.486 e. The van der Waals surface area contributed by atoms with E-state index in [0.717, 1.165) is 32.7 Å². The van der Waals surface area contributed by atoms with Gasteiger partial charge in [-0.1, -0.05) is 23.7 Å². The Morgan fingerprint density at radius 3 is 2.69 bits per heavy atom. The Hall–Kier alpha value is -1.85. The molecule has 1 aliphatic heterocycles. The SMILES string of the molecule is CCN(Cc1cccc2c1OCCO2)C(=O)CCSc1ccc(Cl)cc1. The average molecular weight is 392 g/mol. The molecule has 4 nitrogen and oxygen atoms in total. The molecule has 6 heteroatoms. The van der Waals surface area contributed by atoms with Gasteiger partial charge in [0.2, 0.25) is 5.91 Å². The van der Waals surface area contributed by atoms with E-state index in [0.29, 0.717) is 32.7 Å². The number of carbonyl (C=O) groups excluding carboxylic acids is 1. The zero-order valence-corrected chi connectivity index (χ0v) is 16.3. The fraction of sp³-hybridized carbons (Fsp3) is 0.350. The molecule has 0 aliphatic carbocycles. The third kappa shape index (κ3) is 4.86. The summed E-state index contributed by atoms with van der Waals surface area (Å²) in [7, 11) is 0. The van der Waals surface area contributed by atoms with Crippen LogP contribution in [0, 0.1) is 0 Å². The number of para-hydroxylation sites is 1. The molecule has 0 spiro atoms. The molecule has 0 fully saturated rings. The standard InChI is InChI=1S/C20H22ClNO3S/c1-2-22(14-15-4-3-5-18-20(15)25-12-11-24-18)19(23)10-13-26-17-8-6-16(21)7-9-17/h3-9H,2,10-14H2,1H3. The maximum atomic E-state index is 12.6. The molecule has 0 saturated heterocycles. The second-order valence-electron chi connectivity index (χ2n) is 5.90. The number of thioether (sulfide) groups is 1. The number of hydrogen-bond donors (Lipinski definition) is 0. The van der Waals surface area contributed by atoms with E-state index in [-0.39, 0.29) is 5.91 Å². The molecule has 0 unspecified atom stereocenters. The Balaban J connectivity index is 1.56. The molecule has 0 radical (unpaired) electrons. The first-order chi connectivity index (χ1) is 12.7. The van der Waals surface area contributed by atoms with Crippen LogP contribution in [-0.2, 0) is 11.3 Å². The van der Waals surface area contributed by atoms with Crippen LogP contribution < -0.4 is 9.47 Å². The van der Waals surface area contributed by atoms with E-state index in [4.69, 9.17) is 21.1 Å². The molecule has 2 aromatic carbocycles. The van der Waals surface area contributed by atoms with Gasteiger partial charge in [0.1, 0.15) is 13.2 Å². The van der Waals surface area contributed by atoms with Crippen LogP contribution in [0.3, 0.4) is 0 Å². The molecule has 0 aromatic heterocycles. The average Bonchev–Trinajstić information content (AvgIpc) is 2.67. The first kappa shape index (κ1) is 18.9. The quantitative estimate of drug-likeness (QED) is 0.644. The highest BCUT2D eigenvalue weighted by atomic mass is 35.5. The van der Waals surface area contributed by atoms with E-state index in [9.17, 15) is 4.79 Å². The second kappa shape index (κ2) is 9.19. The monoisotopic (exact) mass is 391 g/mol. The van der Waals surface area contributed by atoms with Gasteiger partial charge in [0.05, 0.1) is 0 Å². The fourth-order valence-corrected chi connectivity index (χ4v) is 3.75. The molecular weight excluding hydrogens is 370 g/mol. The van der Waals surface area contributed by atoms with Crippen LogP contribution >= 0.6 is 23.4 Å². The fourth-order valence-electron chi connectivity index (χ4n) is 2.79. The van der Waals surface area contributed by atoms with Gasteiger partial charge in [-0.3, -0.25) is 4.79 Å². The van der Waals surface area contributed by atoms with E-state index in [1.165, 1.54) is 0 Å². The number of carbonyl (C=O) groups is 1. The maximum absolute atomic E-state index is 12.6. The second-order valence-corrected chi connectivity index (χ2v) is 7.51. The van der Waals surface area contributed by atoms with Crippen LogP contribution in [0.2, 0.25) is 5.02 Å². The number of nitrogens with zero attached hydrogens (tertiary/aromatic N) is 1. The van der Waals surface area contributed by atoms with Gasteiger partial charge in [-0.2, -0.15) is 0 Å². The Morgan fingerprint density at radius 2 is 1.92 bits per heavy atom. The lowest BCUT2D eigenvalue weighted by molar-refractivity contribution is -0.131. The molecule has 138 valence electrons. The molecule has 0 N–H and O–H groups in total. The summed E-state index contributed by atoms with van der Waals surface area (Å²) in [6.45, 7) is 4.30. The van der Waals surface area contributed by atoms with E-state index in [1.807, 2.05) is 54.3 Å². The van der Waals surface area contributed by atoms with Crippen molar-refractivity contribution in [1.82, 2.24) is 4.90 Å². The topological polar surface area (TPSA) is 38.8 Å². The number of hydrogen-bond acceptors (Lipinski definition) is 4. The summed E-state index contributed by atoms with van der Waals surface area (Å²) in [5.41, 5.74) is 0.989. The Bertz CT molecular complexity index is 751. The van der Waals surface area contributed by atoms with Gasteiger partial charge in [-0.05, 0) is 37.3 Å². The first-order valence-electron chi connectivity index (χ1n) is 8.71. The molecule has 3 rings (SSSR count). The van der Waals surface area contributed by atoms with Crippen molar-refractivity contribution < 1.29 is 14.3 Å².